The van der Waals surface area contributed by atoms with Crippen LogP contribution in [0.4, 0.5) is 18.0 Å². The molecular weight excluding hydrogens is 277 g/mol. The summed E-state index contributed by atoms with van der Waals surface area (Å²) in [5.41, 5.74) is 0. The van der Waals surface area contributed by atoms with E-state index in [0.29, 0.717) is 12.5 Å². The summed E-state index contributed by atoms with van der Waals surface area (Å²) >= 11 is 0. The second kappa shape index (κ2) is 5.49. The molecule has 0 aromatic heterocycles. The largest absolute Gasteiger partial charge is 0.481 e. The number of hydrogen-bond donors (Lipinski definition) is 2. The van der Waals surface area contributed by atoms with E-state index in [0.717, 1.165) is 24.2 Å². The van der Waals surface area contributed by atoms with E-state index in [9.17, 15) is 22.8 Å². The average Bonchev–Trinajstić information content (AvgIpc) is 2.71. The number of likely N-dealkylation sites (tertiary alicyclic amines) is 1. The van der Waals surface area contributed by atoms with Crippen molar-refractivity contribution in [3.63, 3.8) is 0 Å². The number of amides is 2. The minimum absolute atomic E-state index is 0.393. The third-order valence-electron chi connectivity index (χ3n) is 4.11. The van der Waals surface area contributed by atoms with Gasteiger partial charge in [-0.25, -0.2) is 4.79 Å². The Kier molecular flexibility index (Phi) is 4.10. The molecule has 1 saturated heterocycles. The summed E-state index contributed by atoms with van der Waals surface area (Å²) in [6, 6.07) is -0.602. The van der Waals surface area contributed by atoms with E-state index in [-0.39, 0.29) is 0 Å². The standard InChI is InChI=1S/C12H17F3N2O3/c13-12(14,15)9-6-17(5-8(9)10(18)19)11(20)16-4-7-2-1-3-7/h7-9H,1-6H2,(H,16,20)(H,18,19)/t8-,9-/m1/s1. The lowest BCUT2D eigenvalue weighted by Crippen LogP contribution is -2.42. The number of rotatable bonds is 3. The second-order valence-electron chi connectivity index (χ2n) is 5.48. The van der Waals surface area contributed by atoms with Crippen molar-refractivity contribution in [1.82, 2.24) is 10.2 Å². The van der Waals surface area contributed by atoms with Gasteiger partial charge >= 0.3 is 18.2 Å². The maximum atomic E-state index is 12.8. The van der Waals surface area contributed by atoms with Crippen LogP contribution < -0.4 is 5.32 Å². The van der Waals surface area contributed by atoms with Crippen LogP contribution in [0.3, 0.4) is 0 Å². The topological polar surface area (TPSA) is 69.6 Å². The van der Waals surface area contributed by atoms with Crippen LogP contribution in [0.5, 0.6) is 0 Å². The van der Waals surface area contributed by atoms with Crippen molar-refractivity contribution in [3.05, 3.63) is 0 Å². The Balaban J connectivity index is 1.92. The van der Waals surface area contributed by atoms with Gasteiger partial charge in [0.05, 0.1) is 11.8 Å². The minimum atomic E-state index is -4.61. The Hall–Kier alpha value is -1.47. The molecule has 114 valence electrons. The fourth-order valence-electron chi connectivity index (χ4n) is 2.59. The molecule has 2 aliphatic rings. The van der Waals surface area contributed by atoms with Gasteiger partial charge in [-0.2, -0.15) is 13.2 Å². The van der Waals surface area contributed by atoms with Crippen LogP contribution in [0.15, 0.2) is 0 Å². The highest BCUT2D eigenvalue weighted by atomic mass is 19.4. The first-order valence-corrected chi connectivity index (χ1v) is 6.61. The zero-order valence-corrected chi connectivity index (χ0v) is 10.8. The van der Waals surface area contributed by atoms with Gasteiger partial charge in [0.15, 0.2) is 0 Å². The molecule has 0 aromatic rings. The zero-order chi connectivity index (χ0) is 14.9. The Labute approximate surface area is 114 Å². The van der Waals surface area contributed by atoms with Gasteiger partial charge in [0.25, 0.3) is 0 Å². The number of carboxylic acids is 1. The van der Waals surface area contributed by atoms with Crippen LogP contribution in [0.25, 0.3) is 0 Å². The molecule has 1 aliphatic heterocycles. The summed E-state index contributed by atoms with van der Waals surface area (Å²) in [4.78, 5) is 23.6. The van der Waals surface area contributed by atoms with Crippen molar-refractivity contribution in [2.75, 3.05) is 19.6 Å². The Morgan fingerprint density at radius 2 is 1.90 bits per heavy atom. The lowest BCUT2D eigenvalue weighted by Gasteiger charge is -2.27. The Morgan fingerprint density at radius 1 is 1.25 bits per heavy atom. The molecule has 8 heteroatoms. The van der Waals surface area contributed by atoms with E-state index >= 15 is 0 Å². The minimum Gasteiger partial charge on any atom is -0.481 e. The number of halogens is 3. The van der Waals surface area contributed by atoms with E-state index in [1.165, 1.54) is 0 Å². The highest BCUT2D eigenvalue weighted by Gasteiger charge is 2.53. The summed E-state index contributed by atoms with van der Waals surface area (Å²) in [5, 5.41) is 11.4. The van der Waals surface area contributed by atoms with Crippen LogP contribution in [-0.2, 0) is 4.79 Å². The average molecular weight is 294 g/mol. The van der Waals surface area contributed by atoms with Gasteiger partial charge in [0, 0.05) is 19.6 Å². The maximum absolute atomic E-state index is 12.8. The first-order valence-electron chi connectivity index (χ1n) is 6.61. The predicted octanol–water partition coefficient (Wildman–Crippen LogP) is 1.69. The summed E-state index contributed by atoms with van der Waals surface area (Å²) in [6.45, 7) is -0.531. The molecule has 2 rings (SSSR count). The monoisotopic (exact) mass is 294 g/mol. The summed E-state index contributed by atoms with van der Waals surface area (Å²) < 4.78 is 38.3. The van der Waals surface area contributed by atoms with Crippen molar-refractivity contribution < 1.29 is 27.9 Å². The van der Waals surface area contributed by atoms with Crippen LogP contribution >= 0.6 is 0 Å². The molecule has 0 unspecified atom stereocenters. The third-order valence-corrected chi connectivity index (χ3v) is 4.11. The molecule has 2 amide bonds. The highest BCUT2D eigenvalue weighted by Crippen LogP contribution is 2.37. The molecule has 1 saturated carbocycles. The Bertz CT molecular complexity index is 396. The van der Waals surface area contributed by atoms with E-state index in [4.69, 9.17) is 5.11 Å². The molecule has 0 radical (unpaired) electrons. The fraction of sp³-hybridized carbons (Fsp3) is 0.833. The van der Waals surface area contributed by atoms with E-state index in [1.807, 2.05) is 0 Å². The molecule has 0 aromatic carbocycles. The van der Waals surface area contributed by atoms with Gasteiger partial charge in [0.2, 0.25) is 0 Å². The van der Waals surface area contributed by atoms with E-state index in [1.54, 1.807) is 0 Å². The summed E-state index contributed by atoms with van der Waals surface area (Å²) in [6.07, 6.45) is -1.46. The molecule has 2 atom stereocenters. The first-order chi connectivity index (χ1) is 9.29. The van der Waals surface area contributed by atoms with Crippen molar-refractivity contribution in [1.29, 1.82) is 0 Å². The molecule has 0 bridgehead atoms. The van der Waals surface area contributed by atoms with Crippen molar-refractivity contribution >= 4 is 12.0 Å². The van der Waals surface area contributed by atoms with Crippen LogP contribution in [-0.4, -0.2) is 47.8 Å². The molecule has 0 spiro atoms. The van der Waals surface area contributed by atoms with Crippen LogP contribution in [0, 0.1) is 17.8 Å². The molecule has 2 N–H and O–H groups in total. The number of carboxylic acid groups (broad SMARTS) is 1. The lowest BCUT2D eigenvalue weighted by atomic mass is 9.85. The first kappa shape index (κ1) is 14.9. The SMILES string of the molecule is O=C(O)[C@@H]1CN(C(=O)NCC2CCC2)C[C@H]1C(F)(F)F. The van der Waals surface area contributed by atoms with Crippen molar-refractivity contribution in [2.24, 2.45) is 17.8 Å². The van der Waals surface area contributed by atoms with Gasteiger partial charge in [-0.15, -0.1) is 0 Å². The van der Waals surface area contributed by atoms with Gasteiger partial charge < -0.3 is 15.3 Å². The number of urea groups is 1. The van der Waals surface area contributed by atoms with E-state index in [2.05, 4.69) is 5.32 Å². The summed E-state index contributed by atoms with van der Waals surface area (Å²) in [7, 11) is 0. The normalized spacial score (nSPS) is 27.2. The summed E-state index contributed by atoms with van der Waals surface area (Å²) in [5.74, 6) is -4.68. The molecule has 1 aliphatic carbocycles. The molecule has 1 heterocycles. The fourth-order valence-corrected chi connectivity index (χ4v) is 2.59. The number of nitrogens with one attached hydrogen (secondary N) is 1. The van der Waals surface area contributed by atoms with Crippen molar-refractivity contribution in [2.45, 2.75) is 25.4 Å². The van der Waals surface area contributed by atoms with Crippen molar-refractivity contribution in [3.8, 4) is 0 Å². The van der Waals surface area contributed by atoms with Gasteiger partial charge in [-0.05, 0) is 18.8 Å². The predicted molar refractivity (Wildman–Crippen MR) is 63.0 cm³/mol. The molecule has 2 fully saturated rings. The number of nitrogens with zero attached hydrogens (tertiary/aromatic N) is 1. The highest BCUT2D eigenvalue weighted by molar-refractivity contribution is 5.77. The van der Waals surface area contributed by atoms with Gasteiger partial charge in [0.1, 0.15) is 0 Å². The zero-order valence-electron chi connectivity index (χ0n) is 10.8. The molecule has 5 nitrogen and oxygen atoms in total. The van der Waals surface area contributed by atoms with Crippen LogP contribution in [0.1, 0.15) is 19.3 Å². The van der Waals surface area contributed by atoms with E-state index < -0.39 is 43.1 Å². The number of carbonyl (C=O) groups excluding carboxylic acids is 1. The lowest BCUT2D eigenvalue weighted by molar-refractivity contribution is -0.187. The number of carbonyl (C=O) groups is 2. The Morgan fingerprint density at radius 3 is 2.30 bits per heavy atom. The quantitative estimate of drug-likeness (QED) is 0.832. The van der Waals surface area contributed by atoms with Gasteiger partial charge in [-0.1, -0.05) is 6.42 Å². The number of hydrogen-bond acceptors (Lipinski definition) is 2. The number of alkyl halides is 3. The third kappa shape index (κ3) is 3.16. The second-order valence-corrected chi connectivity index (χ2v) is 5.48. The maximum Gasteiger partial charge on any atom is 0.394 e. The van der Waals surface area contributed by atoms with Crippen LogP contribution in [0.2, 0.25) is 0 Å². The smallest absolute Gasteiger partial charge is 0.394 e. The molecule has 20 heavy (non-hydrogen) atoms. The van der Waals surface area contributed by atoms with Gasteiger partial charge in [-0.3, -0.25) is 4.79 Å². The number of aliphatic carboxylic acids is 1. The molecular formula is C12H17F3N2O3.